The Morgan fingerprint density at radius 3 is 2.23 bits per heavy atom. The number of ketones is 1. The van der Waals surface area contributed by atoms with Gasteiger partial charge in [0.2, 0.25) is 12.1 Å². The lowest BCUT2D eigenvalue weighted by Gasteiger charge is -2.08. The summed E-state index contributed by atoms with van der Waals surface area (Å²) in [5.74, 6) is 0.123. The topological polar surface area (TPSA) is 25.9 Å². The van der Waals surface area contributed by atoms with Crippen molar-refractivity contribution < 1.29 is 9.36 Å². The number of fused-ring (bicyclic) bond motifs is 1. The number of benzene rings is 3. The quantitative estimate of drug-likeness (QED) is 0.390. The van der Waals surface area contributed by atoms with Crippen LogP contribution in [0.5, 0.6) is 0 Å². The average Bonchev–Trinajstić information content (AvgIpc) is 3.07. The molecule has 4 rings (SSSR count). The van der Waals surface area contributed by atoms with Gasteiger partial charge in [0.15, 0.2) is 17.1 Å². The van der Waals surface area contributed by atoms with Crippen LogP contribution in [0, 0.1) is 0 Å². The molecule has 0 saturated heterocycles. The Morgan fingerprint density at radius 2 is 1.50 bits per heavy atom. The van der Waals surface area contributed by atoms with Crippen LogP contribution >= 0.6 is 0 Å². The summed E-state index contributed by atoms with van der Waals surface area (Å²) in [6.07, 6.45) is 2.06. The molecular weight excluding hydrogens is 320 g/mol. The third-order valence-electron chi connectivity index (χ3n) is 4.78. The maximum absolute atomic E-state index is 12.9. The van der Waals surface area contributed by atoms with Gasteiger partial charge in [-0.05, 0) is 24.6 Å². The summed E-state index contributed by atoms with van der Waals surface area (Å²) >= 11 is 0. The average molecular weight is 341 g/mol. The van der Waals surface area contributed by atoms with E-state index in [-0.39, 0.29) is 11.8 Å². The van der Waals surface area contributed by atoms with Crippen LogP contribution in [-0.4, -0.2) is 10.4 Å². The van der Waals surface area contributed by atoms with E-state index in [0.29, 0.717) is 0 Å². The highest BCUT2D eigenvalue weighted by atomic mass is 16.1. The highest BCUT2D eigenvalue weighted by molar-refractivity contribution is 5.99. The molecule has 0 fully saturated rings. The van der Waals surface area contributed by atoms with Gasteiger partial charge in [-0.3, -0.25) is 4.79 Å². The number of hydrogen-bond donors (Lipinski definition) is 0. The fraction of sp³-hybridized carbons (Fsp3) is 0.130. The van der Waals surface area contributed by atoms with Crippen LogP contribution < -0.4 is 4.57 Å². The molecule has 1 atom stereocenters. The highest BCUT2D eigenvalue weighted by Gasteiger charge is 2.25. The van der Waals surface area contributed by atoms with Crippen LogP contribution in [0.15, 0.2) is 91.3 Å². The Balaban J connectivity index is 1.75. The maximum atomic E-state index is 12.9. The molecule has 128 valence electrons. The number of carbonyl (C=O) groups excluding carboxylic acids is 1. The Bertz CT molecular complexity index is 1040. The van der Waals surface area contributed by atoms with E-state index in [0.717, 1.165) is 23.1 Å². The normalized spacial score (nSPS) is 12.2. The van der Waals surface area contributed by atoms with Crippen molar-refractivity contribution in [2.24, 2.45) is 0 Å². The van der Waals surface area contributed by atoms with Crippen molar-refractivity contribution in [2.75, 3.05) is 0 Å². The lowest BCUT2D eigenvalue weighted by Crippen LogP contribution is -2.33. The second kappa shape index (κ2) is 6.96. The number of nitrogens with zero attached hydrogens (tertiary/aromatic N) is 2. The van der Waals surface area contributed by atoms with Gasteiger partial charge in [-0.15, -0.1) is 0 Å². The van der Waals surface area contributed by atoms with E-state index in [2.05, 4.69) is 51.9 Å². The molecule has 4 aromatic rings. The summed E-state index contributed by atoms with van der Waals surface area (Å²) in [5.41, 5.74) is 4.18. The van der Waals surface area contributed by atoms with Gasteiger partial charge < -0.3 is 0 Å². The molecule has 0 aliphatic rings. The Labute approximate surface area is 153 Å². The summed E-state index contributed by atoms with van der Waals surface area (Å²) < 4.78 is 4.28. The van der Waals surface area contributed by atoms with E-state index >= 15 is 0 Å². The minimum atomic E-state index is -0.265. The van der Waals surface area contributed by atoms with E-state index < -0.39 is 0 Å². The van der Waals surface area contributed by atoms with Crippen molar-refractivity contribution in [3.63, 3.8) is 0 Å². The Hall–Kier alpha value is -3.20. The molecule has 0 radical (unpaired) electrons. The predicted molar refractivity (Wildman–Crippen MR) is 103 cm³/mol. The van der Waals surface area contributed by atoms with Crippen molar-refractivity contribution >= 4 is 16.8 Å². The molecule has 0 amide bonds. The van der Waals surface area contributed by atoms with Crippen LogP contribution in [0.3, 0.4) is 0 Å². The Morgan fingerprint density at radius 1 is 0.885 bits per heavy atom. The minimum Gasteiger partial charge on any atom is -0.289 e. The molecule has 0 N–H and O–H groups in total. The second-order valence-corrected chi connectivity index (χ2v) is 6.53. The van der Waals surface area contributed by atoms with E-state index in [1.807, 2.05) is 55.5 Å². The molecule has 3 nitrogen and oxygen atoms in total. The number of rotatable bonds is 5. The molecule has 0 aliphatic carbocycles. The third-order valence-corrected chi connectivity index (χ3v) is 4.78. The molecule has 1 aromatic heterocycles. The van der Waals surface area contributed by atoms with Gasteiger partial charge in [-0.1, -0.05) is 72.8 Å². The van der Waals surface area contributed by atoms with Gasteiger partial charge in [0, 0.05) is 5.56 Å². The summed E-state index contributed by atoms with van der Waals surface area (Å²) in [4.78, 5) is 12.9. The number of aromatic nitrogens is 2. The molecule has 0 saturated carbocycles. The number of Topliss-reactive ketones (excluding diaryl/α,β-unsaturated/α-hetero) is 1. The van der Waals surface area contributed by atoms with E-state index in [9.17, 15) is 4.79 Å². The van der Waals surface area contributed by atoms with Gasteiger partial charge >= 0.3 is 0 Å². The van der Waals surface area contributed by atoms with Crippen molar-refractivity contribution in [1.29, 1.82) is 0 Å². The Kier molecular flexibility index (Phi) is 4.36. The summed E-state index contributed by atoms with van der Waals surface area (Å²) in [6.45, 7) is 2.75. The van der Waals surface area contributed by atoms with Gasteiger partial charge in [0.25, 0.3) is 0 Å². The van der Waals surface area contributed by atoms with Crippen molar-refractivity contribution in [1.82, 2.24) is 4.57 Å². The zero-order valence-electron chi connectivity index (χ0n) is 14.7. The molecule has 1 unspecified atom stereocenters. The lowest BCUT2D eigenvalue weighted by atomic mass is 10.1. The first-order chi connectivity index (χ1) is 12.7. The first-order valence-electron chi connectivity index (χ1n) is 8.86. The molecule has 0 bridgehead atoms. The highest BCUT2D eigenvalue weighted by Crippen LogP contribution is 2.20. The third kappa shape index (κ3) is 3.04. The van der Waals surface area contributed by atoms with E-state index in [1.165, 1.54) is 5.56 Å². The van der Waals surface area contributed by atoms with Crippen LogP contribution in [0.2, 0.25) is 0 Å². The van der Waals surface area contributed by atoms with E-state index in [1.54, 1.807) is 0 Å². The largest absolute Gasteiger partial charge is 0.289 e. The fourth-order valence-electron chi connectivity index (χ4n) is 3.38. The lowest BCUT2D eigenvalue weighted by molar-refractivity contribution is -0.663. The SMILES string of the molecule is CC(C(=O)c1ccccc1)n1c[n+](Cc2ccccc2)c2ccccc21. The van der Waals surface area contributed by atoms with Crippen molar-refractivity contribution in [2.45, 2.75) is 19.5 Å². The first kappa shape index (κ1) is 16.3. The minimum absolute atomic E-state index is 0.123. The number of carbonyl (C=O) groups is 1. The number of hydrogen-bond acceptors (Lipinski definition) is 1. The molecule has 1 heterocycles. The monoisotopic (exact) mass is 341 g/mol. The molecular formula is C23H21N2O+. The zero-order chi connectivity index (χ0) is 17.9. The first-order valence-corrected chi connectivity index (χ1v) is 8.86. The van der Waals surface area contributed by atoms with Crippen LogP contribution in [0.4, 0.5) is 0 Å². The van der Waals surface area contributed by atoms with E-state index in [4.69, 9.17) is 0 Å². The molecule has 0 spiro atoms. The van der Waals surface area contributed by atoms with Gasteiger partial charge in [0.1, 0.15) is 6.54 Å². The zero-order valence-corrected chi connectivity index (χ0v) is 14.7. The maximum Gasteiger partial charge on any atom is 0.245 e. The summed E-state index contributed by atoms with van der Waals surface area (Å²) in [7, 11) is 0. The number of para-hydroxylation sites is 2. The predicted octanol–water partition coefficient (Wildman–Crippen LogP) is 4.42. The van der Waals surface area contributed by atoms with Crippen molar-refractivity contribution in [3.05, 3.63) is 102 Å². The standard InChI is InChI=1S/C23H21N2O/c1-18(23(26)20-12-6-3-7-13-20)25-17-24(16-19-10-4-2-5-11-19)21-14-8-9-15-22(21)25/h2-15,17-18H,16H2,1H3/q+1. The molecule has 3 heteroatoms. The summed E-state index contributed by atoms with van der Waals surface area (Å²) in [6, 6.07) is 27.8. The molecule has 3 aromatic carbocycles. The van der Waals surface area contributed by atoms with Crippen LogP contribution in [-0.2, 0) is 6.54 Å². The summed E-state index contributed by atoms with van der Waals surface area (Å²) in [5, 5.41) is 0. The van der Waals surface area contributed by atoms with Gasteiger partial charge in [-0.2, -0.15) is 0 Å². The number of imidazole rings is 1. The van der Waals surface area contributed by atoms with Crippen LogP contribution in [0.25, 0.3) is 11.0 Å². The fourth-order valence-corrected chi connectivity index (χ4v) is 3.38. The molecule has 26 heavy (non-hydrogen) atoms. The van der Waals surface area contributed by atoms with Crippen molar-refractivity contribution in [3.8, 4) is 0 Å². The van der Waals surface area contributed by atoms with Crippen LogP contribution in [0.1, 0.15) is 28.9 Å². The van der Waals surface area contributed by atoms with Gasteiger partial charge in [0.05, 0.1) is 0 Å². The smallest absolute Gasteiger partial charge is 0.245 e. The second-order valence-electron chi connectivity index (χ2n) is 6.53. The molecule has 0 aliphatic heterocycles. The van der Waals surface area contributed by atoms with Gasteiger partial charge in [-0.25, -0.2) is 9.13 Å².